The molecule has 4 heteroatoms. The van der Waals surface area contributed by atoms with Crippen LogP contribution in [0.15, 0.2) is 30.3 Å². The first kappa shape index (κ1) is 12.5. The average Bonchev–Trinajstić information content (AvgIpc) is 2.86. The lowest BCUT2D eigenvalue weighted by Crippen LogP contribution is -2.31. The monoisotopic (exact) mass is 260 g/mol. The Morgan fingerprint density at radius 3 is 3.05 bits per heavy atom. The molecule has 19 heavy (non-hydrogen) atoms. The summed E-state index contributed by atoms with van der Waals surface area (Å²) in [6.07, 6.45) is 2.18. The number of benzene rings is 1. The van der Waals surface area contributed by atoms with E-state index in [0.29, 0.717) is 0 Å². The first-order valence-electron chi connectivity index (χ1n) is 6.66. The van der Waals surface area contributed by atoms with Gasteiger partial charge in [0.2, 0.25) is 0 Å². The highest BCUT2D eigenvalue weighted by atomic mass is 19.1. The van der Waals surface area contributed by atoms with E-state index in [1.807, 2.05) is 12.1 Å². The van der Waals surface area contributed by atoms with Gasteiger partial charge in [0.25, 0.3) is 0 Å². The smallest absolute Gasteiger partial charge is 0.123 e. The van der Waals surface area contributed by atoms with Crippen LogP contribution in [-0.2, 0) is 6.54 Å². The molecule has 2 heterocycles. The van der Waals surface area contributed by atoms with Gasteiger partial charge in [-0.1, -0.05) is 6.07 Å². The van der Waals surface area contributed by atoms with E-state index in [0.717, 1.165) is 42.5 Å². The number of rotatable bonds is 3. The van der Waals surface area contributed by atoms with Gasteiger partial charge in [-0.3, -0.25) is 9.88 Å². The van der Waals surface area contributed by atoms with Crippen molar-refractivity contribution in [3.63, 3.8) is 0 Å². The zero-order valence-corrected chi connectivity index (χ0v) is 10.7. The van der Waals surface area contributed by atoms with Gasteiger partial charge in [-0.2, -0.15) is 0 Å². The second-order valence-corrected chi connectivity index (χ2v) is 5.09. The standard InChI is InChI=1S/C15H17FN2O/c16-12-4-6-15-11(8-12)3-5-13(17-15)9-18-7-1-2-14(18)10-19/h3-6,8,14,19H,1-2,7,9-10H2/t14-/m1/s1. The Bertz CT molecular complexity index is 587. The molecule has 1 fully saturated rings. The number of pyridine rings is 1. The van der Waals surface area contributed by atoms with Gasteiger partial charge < -0.3 is 5.11 Å². The van der Waals surface area contributed by atoms with Gasteiger partial charge in [-0.15, -0.1) is 0 Å². The van der Waals surface area contributed by atoms with Crippen LogP contribution in [0.5, 0.6) is 0 Å². The molecular weight excluding hydrogens is 243 g/mol. The first-order valence-corrected chi connectivity index (χ1v) is 6.66. The maximum Gasteiger partial charge on any atom is 0.123 e. The van der Waals surface area contributed by atoms with Gasteiger partial charge in [0.05, 0.1) is 17.8 Å². The van der Waals surface area contributed by atoms with Crippen molar-refractivity contribution < 1.29 is 9.50 Å². The lowest BCUT2D eigenvalue weighted by atomic mass is 10.2. The molecule has 0 unspecified atom stereocenters. The quantitative estimate of drug-likeness (QED) is 0.920. The van der Waals surface area contributed by atoms with Crippen molar-refractivity contribution in [2.75, 3.05) is 13.2 Å². The molecule has 0 aliphatic carbocycles. The number of halogens is 1. The number of fused-ring (bicyclic) bond motifs is 1. The van der Waals surface area contributed by atoms with E-state index in [1.165, 1.54) is 12.1 Å². The van der Waals surface area contributed by atoms with Gasteiger partial charge in [-0.05, 0) is 43.7 Å². The Hall–Kier alpha value is -1.52. The number of hydrogen-bond acceptors (Lipinski definition) is 3. The summed E-state index contributed by atoms with van der Waals surface area (Å²) in [5, 5.41) is 10.1. The molecule has 0 amide bonds. The normalized spacial score (nSPS) is 20.2. The summed E-state index contributed by atoms with van der Waals surface area (Å²) in [4.78, 5) is 6.82. The fraction of sp³-hybridized carbons (Fsp3) is 0.400. The zero-order valence-electron chi connectivity index (χ0n) is 10.7. The Morgan fingerprint density at radius 2 is 2.21 bits per heavy atom. The van der Waals surface area contributed by atoms with Crippen LogP contribution in [0, 0.1) is 5.82 Å². The molecule has 3 rings (SSSR count). The summed E-state index contributed by atoms with van der Waals surface area (Å²) in [6, 6.07) is 8.75. The number of hydrogen-bond donors (Lipinski definition) is 1. The minimum absolute atomic E-state index is 0.207. The molecule has 1 N–H and O–H groups in total. The van der Waals surface area contributed by atoms with Gasteiger partial charge in [0, 0.05) is 18.0 Å². The SMILES string of the molecule is OC[C@H]1CCCN1Cc1ccc2cc(F)ccc2n1. The Morgan fingerprint density at radius 1 is 1.32 bits per heavy atom. The highest BCUT2D eigenvalue weighted by Crippen LogP contribution is 2.20. The van der Waals surface area contributed by atoms with Gasteiger partial charge in [-0.25, -0.2) is 4.39 Å². The minimum atomic E-state index is -0.234. The van der Waals surface area contributed by atoms with Gasteiger partial charge in [0.15, 0.2) is 0 Å². The third-order valence-corrected chi connectivity index (χ3v) is 3.78. The third-order valence-electron chi connectivity index (χ3n) is 3.78. The Labute approximate surface area is 111 Å². The minimum Gasteiger partial charge on any atom is -0.395 e. The van der Waals surface area contributed by atoms with E-state index in [1.54, 1.807) is 6.07 Å². The van der Waals surface area contributed by atoms with Crippen molar-refractivity contribution in [1.29, 1.82) is 0 Å². The van der Waals surface area contributed by atoms with E-state index in [4.69, 9.17) is 0 Å². The number of aromatic nitrogens is 1. The van der Waals surface area contributed by atoms with Crippen LogP contribution < -0.4 is 0 Å². The lowest BCUT2D eigenvalue weighted by molar-refractivity contribution is 0.152. The molecule has 1 aromatic carbocycles. The summed E-state index contributed by atoms with van der Waals surface area (Å²) in [6.45, 7) is 1.96. The molecule has 1 saturated heterocycles. The largest absolute Gasteiger partial charge is 0.395 e. The van der Waals surface area contributed by atoms with Crippen molar-refractivity contribution in [2.45, 2.75) is 25.4 Å². The molecule has 1 aliphatic rings. The van der Waals surface area contributed by atoms with E-state index >= 15 is 0 Å². The first-order chi connectivity index (χ1) is 9.26. The highest BCUT2D eigenvalue weighted by Gasteiger charge is 2.23. The maximum atomic E-state index is 13.1. The number of aliphatic hydroxyl groups is 1. The van der Waals surface area contributed by atoms with Gasteiger partial charge >= 0.3 is 0 Å². The summed E-state index contributed by atoms with van der Waals surface area (Å²) in [5.74, 6) is -0.234. The molecule has 1 aliphatic heterocycles. The predicted octanol–water partition coefficient (Wildman–Crippen LogP) is 2.33. The third kappa shape index (κ3) is 2.60. The predicted molar refractivity (Wildman–Crippen MR) is 72.2 cm³/mol. The molecule has 100 valence electrons. The van der Waals surface area contributed by atoms with Crippen LogP contribution in [0.25, 0.3) is 10.9 Å². The van der Waals surface area contributed by atoms with Crippen molar-refractivity contribution >= 4 is 10.9 Å². The number of aliphatic hydroxyl groups excluding tert-OH is 1. The van der Waals surface area contributed by atoms with Crippen molar-refractivity contribution in [3.8, 4) is 0 Å². The Kier molecular flexibility index (Phi) is 3.44. The fourth-order valence-electron chi connectivity index (χ4n) is 2.74. The van der Waals surface area contributed by atoms with Crippen molar-refractivity contribution in [3.05, 3.63) is 41.8 Å². The molecule has 1 atom stereocenters. The van der Waals surface area contributed by atoms with Crippen LogP contribution >= 0.6 is 0 Å². The highest BCUT2D eigenvalue weighted by molar-refractivity contribution is 5.78. The molecule has 1 aromatic heterocycles. The summed E-state index contributed by atoms with van der Waals surface area (Å²) < 4.78 is 13.1. The van der Waals surface area contributed by atoms with Crippen LogP contribution in [0.2, 0.25) is 0 Å². The molecule has 0 saturated carbocycles. The van der Waals surface area contributed by atoms with E-state index in [-0.39, 0.29) is 18.5 Å². The molecule has 3 nitrogen and oxygen atoms in total. The second-order valence-electron chi connectivity index (χ2n) is 5.09. The van der Waals surface area contributed by atoms with E-state index in [2.05, 4.69) is 9.88 Å². The van der Waals surface area contributed by atoms with E-state index in [9.17, 15) is 9.50 Å². The van der Waals surface area contributed by atoms with Crippen LogP contribution in [-0.4, -0.2) is 34.2 Å². The molecular formula is C15H17FN2O. The van der Waals surface area contributed by atoms with E-state index < -0.39 is 0 Å². The lowest BCUT2D eigenvalue weighted by Gasteiger charge is -2.22. The molecule has 0 radical (unpaired) electrons. The summed E-state index contributed by atoms with van der Waals surface area (Å²) in [7, 11) is 0. The van der Waals surface area contributed by atoms with Crippen molar-refractivity contribution in [1.82, 2.24) is 9.88 Å². The number of nitrogens with zero attached hydrogens (tertiary/aromatic N) is 2. The second kappa shape index (κ2) is 5.23. The number of likely N-dealkylation sites (tertiary alicyclic amines) is 1. The van der Waals surface area contributed by atoms with Crippen LogP contribution in [0.1, 0.15) is 18.5 Å². The average molecular weight is 260 g/mol. The maximum absolute atomic E-state index is 13.1. The molecule has 2 aromatic rings. The Balaban J connectivity index is 1.83. The summed E-state index contributed by atoms with van der Waals surface area (Å²) >= 11 is 0. The zero-order chi connectivity index (χ0) is 13.2. The summed E-state index contributed by atoms with van der Waals surface area (Å²) in [5.41, 5.74) is 1.79. The molecule has 0 bridgehead atoms. The topological polar surface area (TPSA) is 36.4 Å². The van der Waals surface area contributed by atoms with Gasteiger partial charge in [0.1, 0.15) is 5.82 Å². The van der Waals surface area contributed by atoms with Crippen LogP contribution in [0.4, 0.5) is 4.39 Å². The van der Waals surface area contributed by atoms with Crippen molar-refractivity contribution in [2.24, 2.45) is 0 Å². The van der Waals surface area contributed by atoms with Crippen LogP contribution in [0.3, 0.4) is 0 Å². The fourth-order valence-corrected chi connectivity index (χ4v) is 2.74. The molecule has 0 spiro atoms.